The summed E-state index contributed by atoms with van der Waals surface area (Å²) in [4.78, 5) is 31.6. The van der Waals surface area contributed by atoms with Gasteiger partial charge in [-0.1, -0.05) is 30.3 Å². The van der Waals surface area contributed by atoms with Crippen LogP contribution in [0.3, 0.4) is 0 Å². The normalized spacial score (nSPS) is 10.2. The summed E-state index contributed by atoms with van der Waals surface area (Å²) in [7, 11) is 0. The summed E-state index contributed by atoms with van der Waals surface area (Å²) < 4.78 is 0. The molecule has 2 aromatic carbocycles. The zero-order valence-corrected chi connectivity index (χ0v) is 16.2. The molecule has 0 spiro atoms. The number of hydrogen-bond acceptors (Lipinski definition) is 5. The average molecular weight is 389 g/mol. The molecule has 1 heterocycles. The number of aromatic nitrogens is 2. The topological polar surface area (TPSA) is 96.0 Å². The van der Waals surface area contributed by atoms with Gasteiger partial charge in [-0.15, -0.1) is 0 Å². The standard InChI is InChI=1S/C22H23N5O2/c1-16(28)26-19-9-11-20(12-10-19)27-22-24-14-18(15-25-22)21(29)23-13-5-8-17-6-3-2-4-7-17/h2-4,6-7,9-12,14-15H,5,8,13H2,1H3,(H,23,29)(H,26,28)(H,24,25,27). The van der Waals surface area contributed by atoms with Crippen LogP contribution in [0, 0.1) is 0 Å². The van der Waals surface area contributed by atoms with Gasteiger partial charge in [-0.3, -0.25) is 9.59 Å². The van der Waals surface area contributed by atoms with Crippen LogP contribution in [0.1, 0.15) is 29.3 Å². The maximum atomic E-state index is 12.2. The van der Waals surface area contributed by atoms with Crippen LogP contribution >= 0.6 is 0 Å². The molecule has 0 radical (unpaired) electrons. The van der Waals surface area contributed by atoms with Gasteiger partial charge in [0.25, 0.3) is 5.91 Å². The number of anilines is 3. The van der Waals surface area contributed by atoms with Gasteiger partial charge < -0.3 is 16.0 Å². The molecule has 0 fully saturated rings. The zero-order chi connectivity index (χ0) is 20.5. The van der Waals surface area contributed by atoms with Crippen LogP contribution < -0.4 is 16.0 Å². The summed E-state index contributed by atoms with van der Waals surface area (Å²) in [5.41, 5.74) is 3.15. The molecule has 3 aromatic rings. The van der Waals surface area contributed by atoms with Crippen molar-refractivity contribution in [3.05, 3.63) is 78.1 Å². The van der Waals surface area contributed by atoms with E-state index in [2.05, 4.69) is 38.1 Å². The first-order chi connectivity index (χ1) is 14.1. The SMILES string of the molecule is CC(=O)Nc1ccc(Nc2ncc(C(=O)NCCCc3ccccc3)cn2)cc1. The molecular formula is C22H23N5O2. The van der Waals surface area contributed by atoms with E-state index in [4.69, 9.17) is 0 Å². The minimum Gasteiger partial charge on any atom is -0.352 e. The molecule has 0 aliphatic rings. The van der Waals surface area contributed by atoms with Crippen molar-refractivity contribution >= 4 is 29.1 Å². The number of carbonyl (C=O) groups excluding carboxylic acids is 2. The van der Waals surface area contributed by atoms with Crippen LogP contribution in [0.15, 0.2) is 67.0 Å². The molecule has 0 atom stereocenters. The van der Waals surface area contributed by atoms with Gasteiger partial charge in [0.15, 0.2) is 0 Å². The minimum atomic E-state index is -0.190. The summed E-state index contributed by atoms with van der Waals surface area (Å²) in [6.45, 7) is 2.05. The number of hydrogen-bond donors (Lipinski definition) is 3. The van der Waals surface area contributed by atoms with Crippen LogP contribution in [-0.2, 0) is 11.2 Å². The van der Waals surface area contributed by atoms with Crippen molar-refractivity contribution in [1.82, 2.24) is 15.3 Å². The van der Waals surface area contributed by atoms with Crippen LogP contribution in [0.4, 0.5) is 17.3 Å². The smallest absolute Gasteiger partial charge is 0.254 e. The number of amides is 2. The highest BCUT2D eigenvalue weighted by atomic mass is 16.2. The van der Waals surface area contributed by atoms with Crippen molar-refractivity contribution in [1.29, 1.82) is 0 Å². The van der Waals surface area contributed by atoms with Crippen LogP contribution in [0.25, 0.3) is 0 Å². The molecule has 0 aliphatic carbocycles. The van der Waals surface area contributed by atoms with Gasteiger partial charge in [0, 0.05) is 37.2 Å². The van der Waals surface area contributed by atoms with Crippen molar-refractivity contribution in [2.75, 3.05) is 17.2 Å². The van der Waals surface area contributed by atoms with Gasteiger partial charge in [0.1, 0.15) is 0 Å². The Balaban J connectivity index is 1.46. The maximum Gasteiger partial charge on any atom is 0.254 e. The van der Waals surface area contributed by atoms with Crippen molar-refractivity contribution in [3.8, 4) is 0 Å². The van der Waals surface area contributed by atoms with Gasteiger partial charge in [-0.2, -0.15) is 0 Å². The largest absolute Gasteiger partial charge is 0.352 e. The van der Waals surface area contributed by atoms with Gasteiger partial charge in [-0.05, 0) is 42.7 Å². The Bertz CT molecular complexity index is 941. The second kappa shape index (κ2) is 9.98. The summed E-state index contributed by atoms with van der Waals surface area (Å²) in [6.07, 6.45) is 4.77. The molecule has 1 aromatic heterocycles. The Morgan fingerprint density at radius 2 is 1.55 bits per heavy atom. The highest BCUT2D eigenvalue weighted by Gasteiger charge is 2.07. The fraction of sp³-hybridized carbons (Fsp3) is 0.182. The maximum absolute atomic E-state index is 12.2. The van der Waals surface area contributed by atoms with E-state index in [1.54, 1.807) is 12.1 Å². The predicted octanol–water partition coefficient (Wildman–Crippen LogP) is 3.54. The Labute approximate surface area is 169 Å². The zero-order valence-electron chi connectivity index (χ0n) is 16.2. The van der Waals surface area contributed by atoms with E-state index in [0.29, 0.717) is 23.7 Å². The van der Waals surface area contributed by atoms with E-state index in [9.17, 15) is 9.59 Å². The fourth-order valence-corrected chi connectivity index (χ4v) is 2.72. The van der Waals surface area contributed by atoms with E-state index < -0.39 is 0 Å². The van der Waals surface area contributed by atoms with E-state index in [0.717, 1.165) is 18.5 Å². The Morgan fingerprint density at radius 3 is 2.21 bits per heavy atom. The molecule has 0 aliphatic heterocycles. The summed E-state index contributed by atoms with van der Waals surface area (Å²) in [5.74, 6) is 0.0742. The highest BCUT2D eigenvalue weighted by molar-refractivity contribution is 5.93. The van der Waals surface area contributed by atoms with Gasteiger partial charge in [0.2, 0.25) is 11.9 Å². The summed E-state index contributed by atoms with van der Waals surface area (Å²) >= 11 is 0. The number of aryl methyl sites for hydroxylation is 1. The minimum absolute atomic E-state index is 0.122. The van der Waals surface area contributed by atoms with Crippen LogP contribution in [-0.4, -0.2) is 28.3 Å². The molecular weight excluding hydrogens is 366 g/mol. The molecule has 0 saturated heterocycles. The van der Waals surface area contributed by atoms with Crippen molar-refractivity contribution in [2.24, 2.45) is 0 Å². The van der Waals surface area contributed by atoms with Gasteiger partial charge in [-0.25, -0.2) is 9.97 Å². The molecule has 0 unspecified atom stereocenters. The highest BCUT2D eigenvalue weighted by Crippen LogP contribution is 2.16. The molecule has 0 bridgehead atoms. The lowest BCUT2D eigenvalue weighted by atomic mass is 10.1. The first-order valence-corrected chi connectivity index (χ1v) is 9.39. The third-order valence-electron chi connectivity index (χ3n) is 4.15. The van der Waals surface area contributed by atoms with Crippen LogP contribution in [0.2, 0.25) is 0 Å². The van der Waals surface area contributed by atoms with E-state index >= 15 is 0 Å². The number of benzene rings is 2. The summed E-state index contributed by atoms with van der Waals surface area (Å²) in [5, 5.41) is 8.64. The number of nitrogens with zero attached hydrogens (tertiary/aromatic N) is 2. The number of nitrogens with one attached hydrogen (secondary N) is 3. The molecule has 3 rings (SSSR count). The third-order valence-corrected chi connectivity index (χ3v) is 4.15. The lowest BCUT2D eigenvalue weighted by Crippen LogP contribution is -2.25. The molecule has 7 nitrogen and oxygen atoms in total. The Kier molecular flexibility index (Phi) is 6.89. The predicted molar refractivity (Wildman–Crippen MR) is 113 cm³/mol. The second-order valence-corrected chi connectivity index (χ2v) is 6.52. The lowest BCUT2D eigenvalue weighted by Gasteiger charge is -2.08. The summed E-state index contributed by atoms with van der Waals surface area (Å²) in [6, 6.07) is 17.3. The molecule has 3 N–H and O–H groups in total. The molecule has 148 valence electrons. The second-order valence-electron chi connectivity index (χ2n) is 6.52. The van der Waals surface area contributed by atoms with Crippen molar-refractivity contribution < 1.29 is 9.59 Å². The van der Waals surface area contributed by atoms with Gasteiger partial charge in [0.05, 0.1) is 5.56 Å². The number of rotatable bonds is 8. The van der Waals surface area contributed by atoms with Gasteiger partial charge >= 0.3 is 0 Å². The first-order valence-electron chi connectivity index (χ1n) is 9.39. The Morgan fingerprint density at radius 1 is 0.897 bits per heavy atom. The average Bonchev–Trinajstić information content (AvgIpc) is 2.73. The van der Waals surface area contributed by atoms with Crippen LogP contribution in [0.5, 0.6) is 0 Å². The monoisotopic (exact) mass is 389 g/mol. The molecule has 0 saturated carbocycles. The number of carbonyl (C=O) groups is 2. The van der Waals surface area contributed by atoms with E-state index in [1.165, 1.54) is 24.9 Å². The van der Waals surface area contributed by atoms with E-state index in [1.807, 2.05) is 30.3 Å². The molecule has 29 heavy (non-hydrogen) atoms. The first kappa shape index (κ1) is 20.0. The Hall–Kier alpha value is -3.74. The fourth-order valence-electron chi connectivity index (χ4n) is 2.72. The third kappa shape index (κ3) is 6.42. The molecule has 7 heteroatoms. The van der Waals surface area contributed by atoms with E-state index in [-0.39, 0.29) is 11.8 Å². The quantitative estimate of drug-likeness (QED) is 0.512. The van der Waals surface area contributed by atoms with Crippen molar-refractivity contribution in [3.63, 3.8) is 0 Å². The lowest BCUT2D eigenvalue weighted by molar-refractivity contribution is -0.114. The molecule has 2 amide bonds. The van der Waals surface area contributed by atoms with Crippen molar-refractivity contribution in [2.45, 2.75) is 19.8 Å².